The Kier molecular flexibility index (Phi) is 6.84. The quantitative estimate of drug-likeness (QED) is 0.738. The van der Waals surface area contributed by atoms with Crippen molar-refractivity contribution in [1.29, 1.82) is 0 Å². The molecule has 24 heavy (non-hydrogen) atoms. The van der Waals surface area contributed by atoms with E-state index in [1.165, 1.54) is 0 Å². The summed E-state index contributed by atoms with van der Waals surface area (Å²) in [5, 5.41) is 2.89. The van der Waals surface area contributed by atoms with E-state index in [1.54, 1.807) is 12.1 Å². The molecule has 0 saturated heterocycles. The van der Waals surface area contributed by atoms with Crippen LogP contribution in [0, 0.1) is 5.41 Å². The molecule has 1 amide bonds. The Balaban J connectivity index is 0.00000288. The van der Waals surface area contributed by atoms with Gasteiger partial charge in [0.1, 0.15) is 17.9 Å². The lowest BCUT2D eigenvalue weighted by Gasteiger charge is -2.57. The summed E-state index contributed by atoms with van der Waals surface area (Å²) >= 11 is 0. The van der Waals surface area contributed by atoms with Crippen LogP contribution in [0.4, 0.5) is 5.69 Å². The van der Waals surface area contributed by atoms with Crippen molar-refractivity contribution in [3.63, 3.8) is 0 Å². The van der Waals surface area contributed by atoms with Crippen molar-refractivity contribution in [3.05, 3.63) is 36.9 Å². The molecule has 2 atom stereocenters. The van der Waals surface area contributed by atoms with E-state index in [4.69, 9.17) is 15.2 Å². The second-order valence-corrected chi connectivity index (χ2v) is 6.42. The molecule has 0 heterocycles. The highest BCUT2D eigenvalue weighted by atomic mass is 35.5. The molecule has 1 fully saturated rings. The summed E-state index contributed by atoms with van der Waals surface area (Å²) in [4.78, 5) is 12.7. The van der Waals surface area contributed by atoms with Gasteiger partial charge < -0.3 is 20.5 Å². The van der Waals surface area contributed by atoms with Gasteiger partial charge in [-0.25, -0.2) is 0 Å². The third-order valence-electron chi connectivity index (χ3n) is 4.69. The van der Waals surface area contributed by atoms with Crippen LogP contribution in [0.25, 0.3) is 0 Å². The predicted octanol–water partition coefficient (Wildman–Crippen LogP) is 3.14. The summed E-state index contributed by atoms with van der Waals surface area (Å²) in [6.45, 7) is 10.5. The molecular formula is C18H27ClN2O3. The van der Waals surface area contributed by atoms with Crippen LogP contribution in [-0.2, 0) is 9.53 Å². The number of benzene rings is 1. The van der Waals surface area contributed by atoms with Crippen molar-refractivity contribution in [1.82, 2.24) is 0 Å². The van der Waals surface area contributed by atoms with Gasteiger partial charge in [-0.05, 0) is 19.1 Å². The molecule has 1 aromatic rings. The van der Waals surface area contributed by atoms with Crippen molar-refractivity contribution in [3.8, 4) is 5.75 Å². The molecule has 6 heteroatoms. The summed E-state index contributed by atoms with van der Waals surface area (Å²) < 4.78 is 11.1. The van der Waals surface area contributed by atoms with Crippen molar-refractivity contribution in [2.45, 2.75) is 38.8 Å². The summed E-state index contributed by atoms with van der Waals surface area (Å²) in [6.07, 6.45) is 2.20. The van der Waals surface area contributed by atoms with Gasteiger partial charge in [-0.1, -0.05) is 32.6 Å². The highest BCUT2D eigenvalue weighted by molar-refractivity contribution is 5.99. The first kappa shape index (κ1) is 20.5. The molecule has 134 valence electrons. The zero-order chi connectivity index (χ0) is 17.1. The maximum atomic E-state index is 12.7. The molecule has 1 aliphatic rings. The highest BCUT2D eigenvalue weighted by Gasteiger charge is 2.62. The summed E-state index contributed by atoms with van der Waals surface area (Å²) in [5.41, 5.74) is 5.69. The van der Waals surface area contributed by atoms with E-state index in [0.29, 0.717) is 31.1 Å². The Morgan fingerprint density at radius 2 is 2.21 bits per heavy atom. The molecule has 2 rings (SSSR count). The third kappa shape index (κ3) is 3.74. The second kappa shape index (κ2) is 8.01. The molecule has 0 aliphatic heterocycles. The second-order valence-electron chi connectivity index (χ2n) is 6.42. The van der Waals surface area contributed by atoms with E-state index in [1.807, 2.05) is 39.0 Å². The molecule has 3 N–H and O–H groups in total. The normalized spacial score (nSPS) is 24.2. The summed E-state index contributed by atoms with van der Waals surface area (Å²) in [5.74, 6) is 0.480. The third-order valence-corrected chi connectivity index (χ3v) is 4.69. The van der Waals surface area contributed by atoms with Gasteiger partial charge in [0.05, 0.1) is 6.10 Å². The van der Waals surface area contributed by atoms with Gasteiger partial charge in [0.25, 0.3) is 0 Å². The molecule has 1 aliphatic carbocycles. The van der Waals surface area contributed by atoms with Gasteiger partial charge in [0, 0.05) is 30.2 Å². The first-order valence-electron chi connectivity index (χ1n) is 7.91. The highest BCUT2D eigenvalue weighted by Crippen LogP contribution is 2.50. The number of carbonyl (C=O) groups is 1. The number of halogens is 1. The Hall–Kier alpha value is -1.56. The van der Waals surface area contributed by atoms with Crippen LogP contribution in [0.2, 0.25) is 0 Å². The Labute approximate surface area is 150 Å². The zero-order valence-corrected chi connectivity index (χ0v) is 15.3. The van der Waals surface area contributed by atoms with Crippen LogP contribution < -0.4 is 15.8 Å². The van der Waals surface area contributed by atoms with Gasteiger partial charge in [-0.15, -0.1) is 12.4 Å². The molecule has 0 spiro atoms. The van der Waals surface area contributed by atoms with Gasteiger partial charge in [0.15, 0.2) is 0 Å². The average Bonchev–Trinajstić information content (AvgIpc) is 2.52. The molecule has 1 saturated carbocycles. The monoisotopic (exact) mass is 354 g/mol. The number of hydrogen-bond acceptors (Lipinski definition) is 4. The van der Waals surface area contributed by atoms with Crippen molar-refractivity contribution in [2.24, 2.45) is 11.1 Å². The lowest BCUT2D eigenvalue weighted by molar-refractivity contribution is -0.166. The van der Waals surface area contributed by atoms with E-state index in [-0.39, 0.29) is 24.4 Å². The number of anilines is 1. The molecule has 0 aromatic heterocycles. The fraction of sp³-hybridized carbons (Fsp3) is 0.500. The van der Waals surface area contributed by atoms with Crippen LogP contribution in [0.1, 0.15) is 27.2 Å². The van der Waals surface area contributed by atoms with E-state index in [9.17, 15) is 4.79 Å². The number of amides is 1. The minimum atomic E-state index is -0.940. The molecule has 5 nitrogen and oxygen atoms in total. The smallest absolute Gasteiger partial charge is 0.245 e. The first-order chi connectivity index (χ1) is 10.8. The molecule has 0 bridgehead atoms. The van der Waals surface area contributed by atoms with Gasteiger partial charge >= 0.3 is 0 Å². The van der Waals surface area contributed by atoms with Gasteiger partial charge in [0.2, 0.25) is 5.91 Å². The maximum absolute atomic E-state index is 12.7. The Bertz CT molecular complexity index is 591. The molecule has 1 aromatic carbocycles. The SMILES string of the molecule is C=CCOc1cccc(NC(=O)C2(N)CC(OCC)C2(C)C)c1.Cl. The van der Waals surface area contributed by atoms with Crippen LogP contribution in [0.3, 0.4) is 0 Å². The average molecular weight is 355 g/mol. The number of hydrogen-bond donors (Lipinski definition) is 2. The van der Waals surface area contributed by atoms with Gasteiger partial charge in [-0.3, -0.25) is 4.79 Å². The minimum absolute atomic E-state index is 0. The predicted molar refractivity (Wildman–Crippen MR) is 98.7 cm³/mol. The number of rotatable bonds is 7. The standard InChI is InChI=1S/C18H26N2O3.ClH/c1-5-10-23-14-9-7-8-13(11-14)20-16(21)18(19)12-15(22-6-2)17(18,3)4;/h5,7-9,11,15H,1,6,10,12,19H2,2-4H3,(H,20,21);1H. The lowest BCUT2D eigenvalue weighted by atomic mass is 9.54. The van der Waals surface area contributed by atoms with Crippen LogP contribution in [-0.4, -0.2) is 30.8 Å². The fourth-order valence-corrected chi connectivity index (χ4v) is 2.88. The lowest BCUT2D eigenvalue weighted by Crippen LogP contribution is -2.74. The van der Waals surface area contributed by atoms with Crippen LogP contribution >= 0.6 is 12.4 Å². The Morgan fingerprint density at radius 3 is 2.79 bits per heavy atom. The molecule has 2 unspecified atom stereocenters. The number of nitrogens with one attached hydrogen (secondary N) is 1. The van der Waals surface area contributed by atoms with Crippen LogP contribution in [0.15, 0.2) is 36.9 Å². The Morgan fingerprint density at radius 1 is 1.50 bits per heavy atom. The van der Waals surface area contributed by atoms with Crippen LogP contribution in [0.5, 0.6) is 5.75 Å². The topological polar surface area (TPSA) is 73.6 Å². The van der Waals surface area contributed by atoms with E-state index < -0.39 is 11.0 Å². The van der Waals surface area contributed by atoms with E-state index in [0.717, 1.165) is 0 Å². The largest absolute Gasteiger partial charge is 0.489 e. The minimum Gasteiger partial charge on any atom is -0.489 e. The van der Waals surface area contributed by atoms with E-state index >= 15 is 0 Å². The number of ether oxygens (including phenoxy) is 2. The fourth-order valence-electron chi connectivity index (χ4n) is 2.88. The summed E-state index contributed by atoms with van der Waals surface area (Å²) in [7, 11) is 0. The molecule has 0 radical (unpaired) electrons. The van der Waals surface area contributed by atoms with Crippen molar-refractivity contribution in [2.75, 3.05) is 18.5 Å². The molecular weight excluding hydrogens is 328 g/mol. The van der Waals surface area contributed by atoms with Crippen molar-refractivity contribution < 1.29 is 14.3 Å². The number of carbonyl (C=O) groups excluding carboxylic acids is 1. The summed E-state index contributed by atoms with van der Waals surface area (Å²) in [6, 6.07) is 7.24. The van der Waals surface area contributed by atoms with E-state index in [2.05, 4.69) is 11.9 Å². The van der Waals surface area contributed by atoms with Gasteiger partial charge in [-0.2, -0.15) is 0 Å². The number of nitrogens with two attached hydrogens (primary N) is 1. The van der Waals surface area contributed by atoms with Crippen molar-refractivity contribution >= 4 is 24.0 Å². The maximum Gasteiger partial charge on any atom is 0.245 e. The first-order valence-corrected chi connectivity index (χ1v) is 7.91. The zero-order valence-electron chi connectivity index (χ0n) is 14.5.